The number of aldehydes is 1. The molecule has 0 aliphatic carbocycles. The molecule has 1 aliphatic heterocycles. The van der Waals surface area contributed by atoms with Crippen LogP contribution in [0.3, 0.4) is 0 Å². The third-order valence-electron chi connectivity index (χ3n) is 2.17. The molecule has 0 saturated heterocycles. The summed E-state index contributed by atoms with van der Waals surface area (Å²) in [6.45, 7) is 0.695. The molecule has 0 amide bonds. The Morgan fingerprint density at radius 3 is 3.08 bits per heavy atom. The van der Waals surface area contributed by atoms with Gasteiger partial charge in [0.05, 0.1) is 19.3 Å². The van der Waals surface area contributed by atoms with E-state index in [0.29, 0.717) is 17.9 Å². The highest BCUT2D eigenvalue weighted by Crippen LogP contribution is 2.31. The Morgan fingerprint density at radius 2 is 2.38 bits per heavy atom. The minimum Gasteiger partial charge on any atom is -0.496 e. The number of rotatable bonds is 2. The van der Waals surface area contributed by atoms with E-state index < -0.39 is 0 Å². The average molecular weight is 178 g/mol. The molecular weight excluding hydrogens is 168 g/mol. The van der Waals surface area contributed by atoms with Crippen LogP contribution in [0.15, 0.2) is 12.1 Å². The summed E-state index contributed by atoms with van der Waals surface area (Å²) in [6, 6.07) is 3.60. The van der Waals surface area contributed by atoms with E-state index in [1.807, 2.05) is 6.07 Å². The van der Waals surface area contributed by atoms with Crippen LogP contribution < -0.4 is 9.47 Å². The largest absolute Gasteiger partial charge is 0.496 e. The lowest BCUT2D eigenvalue weighted by Gasteiger charge is -2.05. The summed E-state index contributed by atoms with van der Waals surface area (Å²) < 4.78 is 10.4. The topological polar surface area (TPSA) is 35.5 Å². The lowest BCUT2D eigenvalue weighted by atomic mass is 10.1. The Morgan fingerprint density at radius 1 is 1.54 bits per heavy atom. The van der Waals surface area contributed by atoms with Gasteiger partial charge in [0.15, 0.2) is 6.29 Å². The molecule has 0 spiro atoms. The fourth-order valence-electron chi connectivity index (χ4n) is 1.49. The van der Waals surface area contributed by atoms with Crippen molar-refractivity contribution >= 4 is 6.29 Å². The molecule has 1 aromatic rings. The maximum absolute atomic E-state index is 10.7. The van der Waals surface area contributed by atoms with Crippen molar-refractivity contribution < 1.29 is 14.3 Å². The third-order valence-corrected chi connectivity index (χ3v) is 2.17. The molecule has 3 heteroatoms. The molecule has 1 heterocycles. The summed E-state index contributed by atoms with van der Waals surface area (Å²) in [6.07, 6.45) is 1.67. The van der Waals surface area contributed by atoms with Crippen molar-refractivity contribution in [1.82, 2.24) is 0 Å². The van der Waals surface area contributed by atoms with E-state index in [4.69, 9.17) is 9.47 Å². The minimum atomic E-state index is 0.545. The molecule has 68 valence electrons. The van der Waals surface area contributed by atoms with E-state index in [1.54, 1.807) is 13.2 Å². The van der Waals surface area contributed by atoms with Gasteiger partial charge in [0.25, 0.3) is 0 Å². The van der Waals surface area contributed by atoms with Crippen LogP contribution in [0.4, 0.5) is 0 Å². The Balaban J connectivity index is 2.53. The Labute approximate surface area is 76.3 Å². The SMILES string of the molecule is COc1cc2c(cc1C=O)OCC2. The second-order valence-electron chi connectivity index (χ2n) is 2.92. The van der Waals surface area contributed by atoms with E-state index in [2.05, 4.69) is 0 Å². The molecule has 0 bridgehead atoms. The average Bonchev–Trinajstić information content (AvgIpc) is 2.62. The number of ether oxygens (including phenoxy) is 2. The molecule has 0 unspecified atom stereocenters. The highest BCUT2D eigenvalue weighted by atomic mass is 16.5. The van der Waals surface area contributed by atoms with E-state index in [-0.39, 0.29) is 0 Å². The molecule has 3 nitrogen and oxygen atoms in total. The van der Waals surface area contributed by atoms with Crippen molar-refractivity contribution in [1.29, 1.82) is 0 Å². The van der Waals surface area contributed by atoms with E-state index in [9.17, 15) is 4.79 Å². The summed E-state index contributed by atoms with van der Waals surface area (Å²) in [5, 5.41) is 0. The van der Waals surface area contributed by atoms with Crippen LogP contribution in [0, 0.1) is 0 Å². The first-order valence-electron chi connectivity index (χ1n) is 4.14. The van der Waals surface area contributed by atoms with Gasteiger partial charge in [-0.1, -0.05) is 0 Å². The quantitative estimate of drug-likeness (QED) is 0.643. The first kappa shape index (κ1) is 8.10. The van der Waals surface area contributed by atoms with Crippen molar-refractivity contribution in [2.75, 3.05) is 13.7 Å². The smallest absolute Gasteiger partial charge is 0.153 e. The predicted molar refractivity (Wildman–Crippen MR) is 47.6 cm³/mol. The zero-order valence-electron chi connectivity index (χ0n) is 7.37. The van der Waals surface area contributed by atoms with Gasteiger partial charge in [0.1, 0.15) is 11.5 Å². The van der Waals surface area contributed by atoms with Gasteiger partial charge in [-0.15, -0.1) is 0 Å². The van der Waals surface area contributed by atoms with Gasteiger partial charge in [-0.25, -0.2) is 0 Å². The molecule has 13 heavy (non-hydrogen) atoms. The van der Waals surface area contributed by atoms with Crippen LogP contribution in [0.5, 0.6) is 11.5 Å². The molecule has 0 saturated carbocycles. The number of carbonyl (C=O) groups excluding carboxylic acids is 1. The Bertz CT molecular complexity index is 344. The number of benzene rings is 1. The van der Waals surface area contributed by atoms with Gasteiger partial charge in [0.2, 0.25) is 0 Å². The van der Waals surface area contributed by atoms with Gasteiger partial charge < -0.3 is 9.47 Å². The van der Waals surface area contributed by atoms with Gasteiger partial charge in [-0.2, -0.15) is 0 Å². The van der Waals surface area contributed by atoms with Crippen molar-refractivity contribution in [3.63, 3.8) is 0 Å². The highest BCUT2D eigenvalue weighted by Gasteiger charge is 2.15. The molecule has 2 rings (SSSR count). The fraction of sp³-hybridized carbons (Fsp3) is 0.300. The second-order valence-corrected chi connectivity index (χ2v) is 2.92. The molecule has 0 aromatic heterocycles. The van der Waals surface area contributed by atoms with Crippen molar-refractivity contribution in [2.24, 2.45) is 0 Å². The first-order valence-corrected chi connectivity index (χ1v) is 4.14. The minimum absolute atomic E-state index is 0.545. The van der Waals surface area contributed by atoms with Crippen molar-refractivity contribution in [3.8, 4) is 11.5 Å². The zero-order chi connectivity index (χ0) is 9.26. The zero-order valence-corrected chi connectivity index (χ0v) is 7.37. The number of hydrogen-bond donors (Lipinski definition) is 0. The maximum atomic E-state index is 10.7. The van der Waals surface area contributed by atoms with E-state index in [0.717, 1.165) is 24.0 Å². The van der Waals surface area contributed by atoms with Crippen molar-refractivity contribution in [2.45, 2.75) is 6.42 Å². The summed E-state index contributed by atoms with van der Waals surface area (Å²) >= 11 is 0. The third kappa shape index (κ3) is 1.26. The second kappa shape index (κ2) is 3.09. The van der Waals surface area contributed by atoms with Crippen LogP contribution in [-0.2, 0) is 6.42 Å². The van der Waals surface area contributed by atoms with Gasteiger partial charge in [-0.3, -0.25) is 4.79 Å². The van der Waals surface area contributed by atoms with Crippen LogP contribution in [0.2, 0.25) is 0 Å². The summed E-state index contributed by atoms with van der Waals surface area (Å²) in [7, 11) is 1.56. The first-order chi connectivity index (χ1) is 6.35. The maximum Gasteiger partial charge on any atom is 0.153 e. The van der Waals surface area contributed by atoms with Crippen LogP contribution in [0.1, 0.15) is 15.9 Å². The molecule has 0 N–H and O–H groups in total. The summed E-state index contributed by atoms with van der Waals surface area (Å²) in [4.78, 5) is 10.7. The van der Waals surface area contributed by atoms with E-state index >= 15 is 0 Å². The molecule has 1 aliphatic rings. The molecule has 1 aromatic carbocycles. The number of hydrogen-bond acceptors (Lipinski definition) is 3. The van der Waals surface area contributed by atoms with Crippen LogP contribution in [0.25, 0.3) is 0 Å². The normalized spacial score (nSPS) is 13.3. The number of methoxy groups -OCH3 is 1. The Kier molecular flexibility index (Phi) is 1.93. The number of carbonyl (C=O) groups is 1. The van der Waals surface area contributed by atoms with Gasteiger partial charge >= 0.3 is 0 Å². The summed E-state index contributed by atoms with van der Waals surface area (Å²) in [5.41, 5.74) is 1.66. The lowest BCUT2D eigenvalue weighted by Crippen LogP contribution is -1.91. The molecular formula is C10H10O3. The Hall–Kier alpha value is -1.51. The molecule has 0 radical (unpaired) electrons. The standard InChI is InChI=1S/C10H10O3/c1-12-9-4-7-2-3-13-10(7)5-8(9)6-11/h4-6H,2-3H2,1H3. The van der Waals surface area contributed by atoms with Gasteiger partial charge in [-0.05, 0) is 12.1 Å². The lowest BCUT2D eigenvalue weighted by molar-refractivity contribution is 0.112. The van der Waals surface area contributed by atoms with Gasteiger partial charge in [0, 0.05) is 12.0 Å². The monoisotopic (exact) mass is 178 g/mol. The van der Waals surface area contributed by atoms with E-state index in [1.165, 1.54) is 0 Å². The fourth-order valence-corrected chi connectivity index (χ4v) is 1.49. The predicted octanol–water partition coefficient (Wildman–Crippen LogP) is 1.44. The summed E-state index contributed by atoms with van der Waals surface area (Å²) in [5.74, 6) is 1.43. The molecule has 0 fully saturated rings. The van der Waals surface area contributed by atoms with Crippen LogP contribution in [-0.4, -0.2) is 20.0 Å². The highest BCUT2D eigenvalue weighted by molar-refractivity contribution is 5.80. The molecule has 0 atom stereocenters. The number of fused-ring (bicyclic) bond motifs is 1. The van der Waals surface area contributed by atoms with Crippen molar-refractivity contribution in [3.05, 3.63) is 23.3 Å². The van der Waals surface area contributed by atoms with Crippen LogP contribution >= 0.6 is 0 Å².